The first-order valence-electron chi connectivity index (χ1n) is 6.03. The fourth-order valence-corrected chi connectivity index (χ4v) is 1.64. The summed E-state index contributed by atoms with van der Waals surface area (Å²) in [6.45, 7) is 2.76. The Kier molecular flexibility index (Phi) is 4.13. The number of aromatic nitrogens is 1. The first-order valence-corrected chi connectivity index (χ1v) is 6.03. The zero-order chi connectivity index (χ0) is 13.7. The average molecular weight is 256 g/mol. The van der Waals surface area contributed by atoms with Crippen molar-refractivity contribution in [2.45, 2.75) is 13.5 Å². The van der Waals surface area contributed by atoms with Crippen LogP contribution in [0.15, 0.2) is 42.6 Å². The van der Waals surface area contributed by atoms with Crippen LogP contribution in [-0.4, -0.2) is 18.1 Å². The third-order valence-electron chi connectivity index (χ3n) is 2.78. The van der Waals surface area contributed by atoms with E-state index in [9.17, 15) is 4.79 Å². The molecule has 0 aliphatic heterocycles. The van der Waals surface area contributed by atoms with E-state index in [-0.39, 0.29) is 5.97 Å². The summed E-state index contributed by atoms with van der Waals surface area (Å²) in [5.74, 6) is 0.353. The molecule has 0 aliphatic carbocycles. The topological polar surface area (TPSA) is 51.2 Å². The van der Waals surface area contributed by atoms with Crippen molar-refractivity contribution in [3.8, 4) is 0 Å². The lowest BCUT2D eigenvalue weighted by Gasteiger charge is -2.06. The summed E-state index contributed by atoms with van der Waals surface area (Å²) in [7, 11) is 1.35. The van der Waals surface area contributed by atoms with Gasteiger partial charge in [-0.25, -0.2) is 9.78 Å². The number of rotatable bonds is 4. The lowest BCUT2D eigenvalue weighted by atomic mass is 10.1. The molecule has 0 saturated heterocycles. The second-order valence-electron chi connectivity index (χ2n) is 4.26. The van der Waals surface area contributed by atoms with E-state index in [1.165, 1.54) is 24.4 Å². The Labute approximate surface area is 112 Å². The van der Waals surface area contributed by atoms with Crippen LogP contribution in [0.3, 0.4) is 0 Å². The van der Waals surface area contributed by atoms with Gasteiger partial charge in [0.2, 0.25) is 0 Å². The van der Waals surface area contributed by atoms with Crippen LogP contribution >= 0.6 is 0 Å². The highest BCUT2D eigenvalue weighted by Crippen LogP contribution is 2.09. The van der Waals surface area contributed by atoms with Crippen LogP contribution in [0.1, 0.15) is 21.5 Å². The molecule has 0 saturated carbocycles. The monoisotopic (exact) mass is 256 g/mol. The van der Waals surface area contributed by atoms with E-state index >= 15 is 0 Å². The average Bonchev–Trinajstić information content (AvgIpc) is 2.46. The molecular formula is C15H16N2O2. The van der Waals surface area contributed by atoms with Crippen LogP contribution in [-0.2, 0) is 11.3 Å². The lowest BCUT2D eigenvalue weighted by molar-refractivity contribution is 0.0600. The minimum atomic E-state index is -0.377. The number of carbonyl (C=O) groups excluding carboxylic acids is 1. The predicted octanol–water partition coefficient (Wildman–Crippen LogP) is 2.79. The zero-order valence-electron chi connectivity index (χ0n) is 11.0. The number of hydrogen-bond donors (Lipinski definition) is 1. The fourth-order valence-electron chi connectivity index (χ4n) is 1.64. The van der Waals surface area contributed by atoms with Crippen LogP contribution < -0.4 is 5.32 Å². The van der Waals surface area contributed by atoms with E-state index in [0.717, 1.165) is 5.82 Å². The van der Waals surface area contributed by atoms with Crippen molar-refractivity contribution in [3.63, 3.8) is 0 Å². The van der Waals surface area contributed by atoms with E-state index in [1.807, 2.05) is 0 Å². The van der Waals surface area contributed by atoms with Crippen LogP contribution in [0.2, 0.25) is 0 Å². The van der Waals surface area contributed by atoms with Gasteiger partial charge in [0.25, 0.3) is 0 Å². The molecule has 1 aromatic carbocycles. The van der Waals surface area contributed by atoms with Gasteiger partial charge in [-0.2, -0.15) is 0 Å². The number of methoxy groups -OCH3 is 1. The van der Waals surface area contributed by atoms with E-state index in [4.69, 9.17) is 0 Å². The molecule has 0 unspecified atom stereocenters. The minimum Gasteiger partial charge on any atom is -0.465 e. The highest BCUT2D eigenvalue weighted by Gasteiger charge is 2.05. The molecule has 0 amide bonds. The Morgan fingerprint density at radius 1 is 1.21 bits per heavy atom. The second-order valence-corrected chi connectivity index (χ2v) is 4.26. The molecule has 98 valence electrons. The summed E-state index contributed by atoms with van der Waals surface area (Å²) in [4.78, 5) is 15.4. The highest BCUT2D eigenvalue weighted by molar-refractivity contribution is 5.89. The Morgan fingerprint density at radius 3 is 2.53 bits per heavy atom. The van der Waals surface area contributed by atoms with E-state index in [2.05, 4.69) is 46.2 Å². The number of benzene rings is 1. The standard InChI is InChI=1S/C15H16N2O2/c1-11-3-5-12(6-4-11)9-16-14-8-7-13(10-17-14)15(18)19-2/h3-8,10H,9H2,1-2H3,(H,16,17). The maximum absolute atomic E-state index is 11.3. The number of nitrogens with zero attached hydrogens (tertiary/aromatic N) is 1. The number of nitrogens with one attached hydrogen (secondary N) is 1. The quantitative estimate of drug-likeness (QED) is 0.855. The van der Waals surface area contributed by atoms with Gasteiger partial charge < -0.3 is 10.1 Å². The number of hydrogen-bond acceptors (Lipinski definition) is 4. The Bertz CT molecular complexity index is 547. The van der Waals surface area contributed by atoms with Crippen LogP contribution in [0, 0.1) is 6.92 Å². The van der Waals surface area contributed by atoms with Crippen molar-refractivity contribution in [2.75, 3.05) is 12.4 Å². The smallest absolute Gasteiger partial charge is 0.339 e. The number of pyridine rings is 1. The first-order chi connectivity index (χ1) is 9.19. The summed E-state index contributed by atoms with van der Waals surface area (Å²) >= 11 is 0. The molecule has 0 radical (unpaired) electrons. The van der Waals surface area contributed by atoms with E-state index in [0.29, 0.717) is 12.1 Å². The second kappa shape index (κ2) is 6.00. The van der Waals surface area contributed by atoms with Crippen LogP contribution in [0.25, 0.3) is 0 Å². The van der Waals surface area contributed by atoms with Gasteiger partial charge in [-0.3, -0.25) is 0 Å². The number of ether oxygens (including phenoxy) is 1. The molecule has 4 heteroatoms. The third kappa shape index (κ3) is 3.55. The van der Waals surface area contributed by atoms with Gasteiger partial charge in [-0.05, 0) is 24.6 Å². The van der Waals surface area contributed by atoms with Crippen molar-refractivity contribution < 1.29 is 9.53 Å². The van der Waals surface area contributed by atoms with Crippen molar-refractivity contribution in [1.29, 1.82) is 0 Å². The van der Waals surface area contributed by atoms with Gasteiger partial charge in [-0.1, -0.05) is 29.8 Å². The van der Waals surface area contributed by atoms with Crippen molar-refractivity contribution in [2.24, 2.45) is 0 Å². The maximum atomic E-state index is 11.3. The third-order valence-corrected chi connectivity index (χ3v) is 2.78. The maximum Gasteiger partial charge on any atom is 0.339 e. The Balaban J connectivity index is 1.96. The van der Waals surface area contributed by atoms with Crippen molar-refractivity contribution in [3.05, 3.63) is 59.3 Å². The summed E-state index contributed by atoms with van der Waals surface area (Å²) in [5.41, 5.74) is 2.87. The number of esters is 1. The molecule has 2 aromatic rings. The predicted molar refractivity (Wildman–Crippen MR) is 74.1 cm³/mol. The molecule has 19 heavy (non-hydrogen) atoms. The SMILES string of the molecule is COC(=O)c1ccc(NCc2ccc(C)cc2)nc1. The first kappa shape index (κ1) is 13.1. The van der Waals surface area contributed by atoms with Gasteiger partial charge in [0.1, 0.15) is 5.82 Å². The van der Waals surface area contributed by atoms with E-state index < -0.39 is 0 Å². The molecule has 0 fully saturated rings. The van der Waals surface area contributed by atoms with Gasteiger partial charge in [0.05, 0.1) is 12.7 Å². The summed E-state index contributed by atoms with van der Waals surface area (Å²) in [5, 5.41) is 3.20. The summed E-state index contributed by atoms with van der Waals surface area (Å²) < 4.78 is 4.62. The Hall–Kier alpha value is -2.36. The van der Waals surface area contributed by atoms with Gasteiger partial charge in [-0.15, -0.1) is 0 Å². The molecule has 0 atom stereocenters. The molecule has 0 spiro atoms. The summed E-state index contributed by atoms with van der Waals surface area (Å²) in [6.07, 6.45) is 1.50. The minimum absolute atomic E-state index is 0.377. The fraction of sp³-hybridized carbons (Fsp3) is 0.200. The molecule has 1 N–H and O–H groups in total. The molecular weight excluding hydrogens is 240 g/mol. The van der Waals surface area contributed by atoms with E-state index in [1.54, 1.807) is 12.1 Å². The van der Waals surface area contributed by atoms with Crippen LogP contribution in [0.4, 0.5) is 5.82 Å². The molecule has 2 rings (SSSR count). The Morgan fingerprint density at radius 2 is 1.95 bits per heavy atom. The normalized spacial score (nSPS) is 10.0. The molecule has 0 bridgehead atoms. The largest absolute Gasteiger partial charge is 0.465 e. The zero-order valence-corrected chi connectivity index (χ0v) is 11.0. The lowest BCUT2D eigenvalue weighted by Crippen LogP contribution is -2.04. The van der Waals surface area contributed by atoms with Crippen molar-refractivity contribution >= 4 is 11.8 Å². The van der Waals surface area contributed by atoms with Gasteiger partial charge >= 0.3 is 5.97 Å². The van der Waals surface area contributed by atoms with Crippen molar-refractivity contribution in [1.82, 2.24) is 4.98 Å². The number of carbonyl (C=O) groups is 1. The molecule has 1 heterocycles. The van der Waals surface area contributed by atoms with Gasteiger partial charge in [0, 0.05) is 12.7 Å². The number of anilines is 1. The summed E-state index contributed by atoms with van der Waals surface area (Å²) in [6, 6.07) is 11.8. The molecule has 4 nitrogen and oxygen atoms in total. The highest BCUT2D eigenvalue weighted by atomic mass is 16.5. The molecule has 1 aromatic heterocycles. The van der Waals surface area contributed by atoms with Gasteiger partial charge in [0.15, 0.2) is 0 Å². The number of aryl methyl sites for hydroxylation is 1. The molecule has 0 aliphatic rings. The van der Waals surface area contributed by atoms with Crippen LogP contribution in [0.5, 0.6) is 0 Å².